The second-order valence-corrected chi connectivity index (χ2v) is 5.00. The molecule has 0 bridgehead atoms. The van der Waals surface area contributed by atoms with Crippen molar-refractivity contribution < 1.29 is 50.5 Å². The Kier molecular flexibility index (Phi) is 13.5. The predicted octanol–water partition coefficient (Wildman–Crippen LogP) is -5.14. The van der Waals surface area contributed by atoms with Gasteiger partial charge in [-0.2, -0.15) is 0 Å². The van der Waals surface area contributed by atoms with Crippen molar-refractivity contribution in [1.29, 1.82) is 0 Å². The first-order valence-electron chi connectivity index (χ1n) is 6.09. The van der Waals surface area contributed by atoms with E-state index >= 15 is 0 Å². The summed E-state index contributed by atoms with van der Waals surface area (Å²) in [6.07, 6.45) is 1.58. The molecule has 0 atom stereocenters. The Labute approximate surface area is 136 Å². The minimum absolute atomic E-state index is 0. The summed E-state index contributed by atoms with van der Waals surface area (Å²) < 4.78 is 34.0. The van der Waals surface area contributed by atoms with Crippen molar-refractivity contribution in [3.63, 3.8) is 0 Å². The van der Waals surface area contributed by atoms with E-state index < -0.39 is 10.2 Å². The number of piperazine rings is 1. The van der Waals surface area contributed by atoms with Gasteiger partial charge in [-0.05, 0) is 6.92 Å². The van der Waals surface area contributed by atoms with Gasteiger partial charge in [0.15, 0.2) is 0 Å². The summed E-state index contributed by atoms with van der Waals surface area (Å²) >= 11 is 0. The van der Waals surface area contributed by atoms with E-state index in [2.05, 4.69) is 15.2 Å². The average Bonchev–Trinajstić information content (AvgIpc) is 2.27. The molecule has 8 nitrogen and oxygen atoms in total. The van der Waals surface area contributed by atoms with Crippen molar-refractivity contribution in [2.45, 2.75) is 13.8 Å². The second-order valence-electron chi connectivity index (χ2n) is 4.25. The van der Waals surface area contributed by atoms with Gasteiger partial charge in [0.2, 0.25) is 0 Å². The fourth-order valence-electron chi connectivity index (χ4n) is 1.64. The Hall–Kier alpha value is -0.246. The van der Waals surface area contributed by atoms with Crippen LogP contribution in [0, 0.1) is 10.2 Å². The molecular formula is C11H20ClN3NiO5. The molecule has 1 aliphatic heterocycles. The van der Waals surface area contributed by atoms with Gasteiger partial charge in [0.25, 0.3) is 0 Å². The number of rotatable bonds is 4. The van der Waals surface area contributed by atoms with E-state index in [0.29, 0.717) is 0 Å². The molecule has 0 saturated carbocycles. The zero-order valence-corrected chi connectivity index (χ0v) is 13.7. The number of nitrogens with one attached hydrogen (secondary N) is 1. The molecule has 0 aromatic carbocycles. The van der Waals surface area contributed by atoms with Crippen LogP contribution in [-0.2, 0) is 16.5 Å². The summed E-state index contributed by atoms with van der Waals surface area (Å²) in [6.45, 7) is 9.55. The zero-order valence-electron chi connectivity index (χ0n) is 11.9. The van der Waals surface area contributed by atoms with Crippen molar-refractivity contribution in [2.24, 2.45) is 4.99 Å². The Morgan fingerprint density at radius 3 is 2.10 bits per heavy atom. The van der Waals surface area contributed by atoms with Crippen LogP contribution in [0.15, 0.2) is 16.8 Å². The molecule has 0 aromatic heterocycles. The third kappa shape index (κ3) is 19.8. The Balaban J connectivity index is 0. The first kappa shape index (κ1) is 23.0. The van der Waals surface area contributed by atoms with Gasteiger partial charge in [0, 0.05) is 38.4 Å². The molecule has 0 amide bonds. The molecular weight excluding hydrogens is 348 g/mol. The van der Waals surface area contributed by atoms with Gasteiger partial charge >= 0.3 is 16.5 Å². The van der Waals surface area contributed by atoms with Gasteiger partial charge in [0.05, 0.1) is 6.54 Å². The monoisotopic (exact) mass is 367 g/mol. The maximum absolute atomic E-state index is 10.8. The molecule has 126 valence electrons. The molecule has 1 fully saturated rings. The van der Waals surface area contributed by atoms with Crippen LogP contribution in [0.3, 0.4) is 0 Å². The summed E-state index contributed by atoms with van der Waals surface area (Å²) in [5, 5.41) is 14.1. The van der Waals surface area contributed by atoms with Crippen LogP contribution in [0.1, 0.15) is 13.8 Å². The van der Waals surface area contributed by atoms with E-state index in [4.69, 9.17) is 18.6 Å². The SMILES string of the molecule is CC(/C=C(/C)[O-])=NCCN1CCNCC1.[Ni+2].[O-][Cl+3]([O-])([O-])[O-]. The van der Waals surface area contributed by atoms with E-state index in [1.54, 1.807) is 13.0 Å². The molecule has 1 N–H and O–H groups in total. The first-order chi connectivity index (χ1) is 9.18. The minimum Gasteiger partial charge on any atom is -0.876 e. The molecule has 0 radical (unpaired) electrons. The molecule has 0 aliphatic carbocycles. The van der Waals surface area contributed by atoms with Crippen molar-refractivity contribution in [3.8, 4) is 0 Å². The van der Waals surface area contributed by atoms with E-state index in [0.717, 1.165) is 45.0 Å². The molecule has 1 saturated heterocycles. The van der Waals surface area contributed by atoms with E-state index in [-0.39, 0.29) is 22.3 Å². The standard InChI is InChI=1S/C11H21N3O.ClHO4.Ni/c1-10(9-11(2)15)13-5-8-14-6-3-12-4-7-14;2-1(3,4)5;/h9,12,15H,3-8H2,1-2H3;(H,2,3,4,5);/q;;+2/p-2/b11-9-,13-10?;;. The quantitative estimate of drug-likeness (QED) is 0.297. The van der Waals surface area contributed by atoms with Gasteiger partial charge in [-0.3, -0.25) is 9.89 Å². The van der Waals surface area contributed by atoms with Gasteiger partial charge in [-0.15, -0.1) is 16.0 Å². The maximum atomic E-state index is 10.8. The smallest absolute Gasteiger partial charge is 0.876 e. The van der Waals surface area contributed by atoms with Crippen molar-refractivity contribution in [1.82, 2.24) is 10.2 Å². The summed E-state index contributed by atoms with van der Waals surface area (Å²) in [6, 6.07) is 0. The van der Waals surface area contributed by atoms with Crippen LogP contribution in [0.2, 0.25) is 0 Å². The van der Waals surface area contributed by atoms with Crippen molar-refractivity contribution >= 4 is 5.71 Å². The maximum Gasteiger partial charge on any atom is 2.00 e. The van der Waals surface area contributed by atoms with Crippen LogP contribution >= 0.6 is 0 Å². The van der Waals surface area contributed by atoms with Crippen molar-refractivity contribution in [3.05, 3.63) is 11.8 Å². The minimum atomic E-state index is -4.94. The molecule has 0 unspecified atom stereocenters. The fraction of sp³-hybridized carbons (Fsp3) is 0.727. The van der Waals surface area contributed by atoms with Crippen LogP contribution in [0.25, 0.3) is 0 Å². The number of hydrogen-bond donors (Lipinski definition) is 1. The summed E-state index contributed by atoms with van der Waals surface area (Å²) in [4.78, 5) is 6.73. The van der Waals surface area contributed by atoms with Crippen LogP contribution < -0.4 is 29.1 Å². The van der Waals surface area contributed by atoms with E-state index in [1.165, 1.54) is 0 Å². The number of halogens is 1. The Morgan fingerprint density at radius 1 is 1.19 bits per heavy atom. The van der Waals surface area contributed by atoms with E-state index in [9.17, 15) is 5.11 Å². The van der Waals surface area contributed by atoms with E-state index in [1.807, 2.05) is 6.92 Å². The van der Waals surface area contributed by atoms with Gasteiger partial charge in [0.1, 0.15) is 0 Å². The number of allylic oxidation sites excluding steroid dienone is 2. The third-order valence-corrected chi connectivity index (χ3v) is 2.40. The van der Waals surface area contributed by atoms with Gasteiger partial charge < -0.3 is 10.4 Å². The zero-order chi connectivity index (χ0) is 15.6. The molecule has 1 heterocycles. The first-order valence-corrected chi connectivity index (χ1v) is 7.33. The molecule has 0 aromatic rings. The molecule has 0 spiro atoms. The van der Waals surface area contributed by atoms with Crippen LogP contribution in [0.5, 0.6) is 0 Å². The molecule has 1 aliphatic rings. The third-order valence-electron chi connectivity index (χ3n) is 2.40. The number of nitrogens with zero attached hydrogens (tertiary/aromatic N) is 2. The normalized spacial score (nSPS) is 17.6. The molecule has 21 heavy (non-hydrogen) atoms. The number of hydrogen-bond acceptors (Lipinski definition) is 8. The number of aliphatic imine (C=N–C) groups is 1. The van der Waals surface area contributed by atoms with Gasteiger partial charge in [-0.1, -0.05) is 13.0 Å². The summed E-state index contributed by atoms with van der Waals surface area (Å²) in [5.41, 5.74) is 0.831. The Morgan fingerprint density at radius 2 is 1.67 bits per heavy atom. The van der Waals surface area contributed by atoms with Crippen LogP contribution in [0.4, 0.5) is 0 Å². The fourth-order valence-corrected chi connectivity index (χ4v) is 1.64. The van der Waals surface area contributed by atoms with Crippen LogP contribution in [-0.4, -0.2) is 49.9 Å². The van der Waals surface area contributed by atoms with Gasteiger partial charge in [-0.25, -0.2) is 18.6 Å². The second kappa shape index (κ2) is 12.3. The topological polar surface area (TPSA) is 143 Å². The summed E-state index contributed by atoms with van der Waals surface area (Å²) in [7, 11) is -4.94. The largest absolute Gasteiger partial charge is 2.00 e. The Bertz CT molecular complexity index is 320. The molecule has 1 rings (SSSR count). The predicted molar refractivity (Wildman–Crippen MR) is 61.0 cm³/mol. The molecule has 10 heteroatoms. The summed E-state index contributed by atoms with van der Waals surface area (Å²) in [5.74, 6) is 0.0680. The average molecular weight is 368 g/mol. The van der Waals surface area contributed by atoms with Crippen molar-refractivity contribution in [2.75, 3.05) is 39.3 Å².